The van der Waals surface area contributed by atoms with Crippen LogP contribution in [0.25, 0.3) is 0 Å². The van der Waals surface area contributed by atoms with Crippen molar-refractivity contribution in [3.63, 3.8) is 0 Å². The molecule has 0 aliphatic rings. The molecule has 84 valence electrons. The zero-order valence-electron chi connectivity index (χ0n) is 9.05. The van der Waals surface area contributed by atoms with E-state index in [9.17, 15) is 4.79 Å². The summed E-state index contributed by atoms with van der Waals surface area (Å²) in [6.45, 7) is 4.47. The molecule has 0 bridgehead atoms. The molecule has 0 spiro atoms. The molecule has 1 rings (SSSR count). The van der Waals surface area contributed by atoms with Crippen LogP contribution < -0.4 is 5.73 Å². The highest BCUT2D eigenvalue weighted by Gasteiger charge is 2.35. The first-order valence-electron chi connectivity index (χ1n) is 5.09. The maximum absolute atomic E-state index is 12.3. The Morgan fingerprint density at radius 1 is 1.53 bits per heavy atom. The highest BCUT2D eigenvalue weighted by molar-refractivity contribution is 9.10. The number of nitrogens with two attached hydrogens (primary N) is 1. The molecule has 0 radical (unpaired) electrons. The molecule has 1 aromatic heterocycles. The summed E-state index contributed by atoms with van der Waals surface area (Å²) < 4.78 is 0.886. The summed E-state index contributed by atoms with van der Waals surface area (Å²) in [7, 11) is 0. The lowest BCUT2D eigenvalue weighted by Crippen LogP contribution is -2.37. The Labute approximate surface area is 103 Å². The predicted octanol–water partition coefficient (Wildman–Crippen LogP) is 3.46. The van der Waals surface area contributed by atoms with Gasteiger partial charge in [0.1, 0.15) is 0 Å². The minimum atomic E-state index is -0.382. The number of halogens is 1. The second kappa shape index (κ2) is 5.23. The summed E-state index contributed by atoms with van der Waals surface area (Å²) in [5.41, 5.74) is 5.37. The highest BCUT2D eigenvalue weighted by Crippen LogP contribution is 2.34. The Kier molecular flexibility index (Phi) is 4.49. The number of hydrogen-bond donors (Lipinski definition) is 1. The van der Waals surface area contributed by atoms with E-state index in [2.05, 4.69) is 15.9 Å². The summed E-state index contributed by atoms with van der Waals surface area (Å²) in [6, 6.07) is 1.91. The summed E-state index contributed by atoms with van der Waals surface area (Å²) in [4.78, 5) is 13.1. The largest absolute Gasteiger partial charge is 0.329 e. The molecule has 4 heteroatoms. The predicted molar refractivity (Wildman–Crippen MR) is 68.4 cm³/mol. The SMILES string of the molecule is CCC(CC)(CN)C(=O)c1sccc1Br. The average molecular weight is 290 g/mol. The molecule has 0 saturated carbocycles. The minimum Gasteiger partial charge on any atom is -0.329 e. The van der Waals surface area contributed by atoms with Gasteiger partial charge in [-0.2, -0.15) is 0 Å². The number of ketones is 1. The molecule has 0 atom stereocenters. The molecule has 0 fully saturated rings. The van der Waals surface area contributed by atoms with E-state index in [4.69, 9.17) is 5.73 Å². The van der Waals surface area contributed by atoms with Crippen molar-refractivity contribution in [2.75, 3.05) is 6.54 Å². The number of hydrogen-bond acceptors (Lipinski definition) is 3. The fourth-order valence-corrected chi connectivity index (χ4v) is 3.26. The maximum Gasteiger partial charge on any atom is 0.181 e. The van der Waals surface area contributed by atoms with E-state index >= 15 is 0 Å². The van der Waals surface area contributed by atoms with Gasteiger partial charge >= 0.3 is 0 Å². The fraction of sp³-hybridized carbons (Fsp3) is 0.545. The second-order valence-electron chi connectivity index (χ2n) is 3.62. The molecule has 0 amide bonds. The van der Waals surface area contributed by atoms with Crippen LogP contribution in [0.15, 0.2) is 15.9 Å². The number of carbonyl (C=O) groups excluding carboxylic acids is 1. The van der Waals surface area contributed by atoms with Gasteiger partial charge in [0.25, 0.3) is 0 Å². The van der Waals surface area contributed by atoms with Gasteiger partial charge in [0, 0.05) is 16.4 Å². The number of thiophene rings is 1. The van der Waals surface area contributed by atoms with Gasteiger partial charge in [0.05, 0.1) is 4.88 Å². The molecule has 15 heavy (non-hydrogen) atoms. The smallest absolute Gasteiger partial charge is 0.181 e. The molecule has 2 N–H and O–H groups in total. The van der Waals surface area contributed by atoms with Crippen LogP contribution in [-0.2, 0) is 0 Å². The lowest BCUT2D eigenvalue weighted by Gasteiger charge is -2.27. The fourth-order valence-electron chi connectivity index (χ4n) is 1.65. The van der Waals surface area contributed by atoms with E-state index in [0.717, 1.165) is 22.2 Å². The Bertz CT molecular complexity index is 336. The van der Waals surface area contributed by atoms with Crippen molar-refractivity contribution in [3.8, 4) is 0 Å². The Morgan fingerprint density at radius 3 is 2.47 bits per heavy atom. The minimum absolute atomic E-state index is 0.178. The van der Waals surface area contributed by atoms with Crippen LogP contribution >= 0.6 is 27.3 Å². The van der Waals surface area contributed by atoms with E-state index in [1.54, 1.807) is 0 Å². The highest BCUT2D eigenvalue weighted by atomic mass is 79.9. The van der Waals surface area contributed by atoms with Crippen LogP contribution in [0.2, 0.25) is 0 Å². The van der Waals surface area contributed by atoms with Crippen LogP contribution in [0.4, 0.5) is 0 Å². The monoisotopic (exact) mass is 289 g/mol. The van der Waals surface area contributed by atoms with E-state index in [1.165, 1.54) is 11.3 Å². The molecular weight excluding hydrogens is 274 g/mol. The van der Waals surface area contributed by atoms with Crippen molar-refractivity contribution >= 4 is 33.0 Å². The van der Waals surface area contributed by atoms with Gasteiger partial charge < -0.3 is 5.73 Å². The summed E-state index contributed by atoms with van der Waals surface area (Å²) in [6.07, 6.45) is 1.59. The lowest BCUT2D eigenvalue weighted by atomic mass is 9.78. The first-order chi connectivity index (χ1) is 7.11. The van der Waals surface area contributed by atoms with E-state index < -0.39 is 0 Å². The topological polar surface area (TPSA) is 43.1 Å². The molecule has 1 heterocycles. The summed E-state index contributed by atoms with van der Waals surface area (Å²) in [5, 5.41) is 1.92. The van der Waals surface area contributed by atoms with Crippen molar-refractivity contribution < 1.29 is 4.79 Å². The van der Waals surface area contributed by atoms with Crippen LogP contribution in [-0.4, -0.2) is 12.3 Å². The first kappa shape index (κ1) is 12.9. The maximum atomic E-state index is 12.3. The van der Waals surface area contributed by atoms with Gasteiger partial charge in [0.2, 0.25) is 0 Å². The summed E-state index contributed by atoms with van der Waals surface area (Å²) in [5.74, 6) is 0.178. The zero-order chi connectivity index (χ0) is 11.5. The van der Waals surface area contributed by atoms with E-state index in [1.807, 2.05) is 25.3 Å². The Morgan fingerprint density at radius 2 is 2.13 bits per heavy atom. The second-order valence-corrected chi connectivity index (χ2v) is 5.39. The number of Topliss-reactive ketones (excluding diaryl/α,β-unsaturated/α-hetero) is 1. The quantitative estimate of drug-likeness (QED) is 0.844. The Balaban J connectivity index is 3.06. The third-order valence-corrected chi connectivity index (χ3v) is 4.89. The van der Waals surface area contributed by atoms with Crippen LogP contribution in [0.1, 0.15) is 36.4 Å². The molecule has 0 aromatic carbocycles. The third-order valence-electron chi connectivity index (χ3n) is 3.05. The molecule has 2 nitrogen and oxygen atoms in total. The van der Waals surface area contributed by atoms with Crippen LogP contribution in [0.5, 0.6) is 0 Å². The lowest BCUT2D eigenvalue weighted by molar-refractivity contribution is 0.0791. The zero-order valence-corrected chi connectivity index (χ0v) is 11.5. The average Bonchev–Trinajstić information content (AvgIpc) is 2.67. The first-order valence-corrected chi connectivity index (χ1v) is 6.76. The molecule has 0 saturated heterocycles. The van der Waals surface area contributed by atoms with Crippen molar-refractivity contribution in [3.05, 3.63) is 20.8 Å². The van der Waals surface area contributed by atoms with Crippen molar-refractivity contribution in [1.29, 1.82) is 0 Å². The van der Waals surface area contributed by atoms with Gasteiger partial charge in [0.15, 0.2) is 5.78 Å². The van der Waals surface area contributed by atoms with Gasteiger partial charge in [-0.05, 0) is 40.2 Å². The number of rotatable bonds is 5. The Hall–Kier alpha value is -0.190. The standard InChI is InChI=1S/C11H16BrNOS/c1-3-11(4-2,7-13)10(14)9-8(12)5-6-15-9/h5-6H,3-4,7,13H2,1-2H3. The van der Waals surface area contributed by atoms with E-state index in [0.29, 0.717) is 6.54 Å². The van der Waals surface area contributed by atoms with Gasteiger partial charge in [-0.15, -0.1) is 11.3 Å². The van der Waals surface area contributed by atoms with Gasteiger partial charge in [-0.25, -0.2) is 0 Å². The van der Waals surface area contributed by atoms with Crippen molar-refractivity contribution in [2.45, 2.75) is 26.7 Å². The van der Waals surface area contributed by atoms with E-state index in [-0.39, 0.29) is 11.2 Å². The summed E-state index contributed by atoms with van der Waals surface area (Å²) >= 11 is 4.87. The third kappa shape index (κ3) is 2.32. The van der Waals surface area contributed by atoms with Crippen molar-refractivity contribution in [1.82, 2.24) is 0 Å². The molecule has 0 unspecified atom stereocenters. The molecule has 1 aromatic rings. The molecule has 0 aliphatic heterocycles. The number of carbonyl (C=O) groups is 1. The normalized spacial score (nSPS) is 11.7. The van der Waals surface area contributed by atoms with Gasteiger partial charge in [-0.3, -0.25) is 4.79 Å². The molecule has 0 aliphatic carbocycles. The molecular formula is C11H16BrNOS. The van der Waals surface area contributed by atoms with Gasteiger partial charge in [-0.1, -0.05) is 13.8 Å². The van der Waals surface area contributed by atoms with Crippen LogP contribution in [0, 0.1) is 5.41 Å². The van der Waals surface area contributed by atoms with Crippen LogP contribution in [0.3, 0.4) is 0 Å². The van der Waals surface area contributed by atoms with Crippen molar-refractivity contribution in [2.24, 2.45) is 11.1 Å².